The fourth-order valence-electron chi connectivity index (χ4n) is 3.40. The highest BCUT2D eigenvalue weighted by Gasteiger charge is 2.17. The van der Waals surface area contributed by atoms with Gasteiger partial charge in [0, 0.05) is 31.7 Å². The molecule has 1 fully saturated rings. The molecule has 1 aromatic rings. The first-order chi connectivity index (χ1) is 13.1. The molecule has 1 saturated heterocycles. The van der Waals surface area contributed by atoms with Crippen molar-refractivity contribution < 1.29 is 13.5 Å². The lowest BCUT2D eigenvalue weighted by atomic mass is 10.0. The van der Waals surface area contributed by atoms with E-state index in [1.54, 1.807) is 31.3 Å². The maximum Gasteiger partial charge on any atom is 0.387 e. The Kier molecular flexibility index (Phi) is 9.31. The van der Waals surface area contributed by atoms with Crippen molar-refractivity contribution in [3.8, 4) is 5.75 Å². The molecule has 5 nitrogen and oxygen atoms in total. The summed E-state index contributed by atoms with van der Waals surface area (Å²) in [6.07, 6.45) is 6.20. The van der Waals surface area contributed by atoms with Crippen LogP contribution in [0, 0.1) is 0 Å². The van der Waals surface area contributed by atoms with E-state index in [9.17, 15) is 8.78 Å². The van der Waals surface area contributed by atoms with Gasteiger partial charge in [0.25, 0.3) is 0 Å². The molecule has 0 radical (unpaired) electrons. The Labute approximate surface area is 161 Å². The van der Waals surface area contributed by atoms with Crippen LogP contribution < -0.4 is 15.4 Å². The van der Waals surface area contributed by atoms with Crippen LogP contribution in [0.2, 0.25) is 0 Å². The Morgan fingerprint density at radius 3 is 2.81 bits per heavy atom. The van der Waals surface area contributed by atoms with Crippen LogP contribution in [0.5, 0.6) is 5.75 Å². The quantitative estimate of drug-likeness (QED) is 0.389. The molecule has 1 aliphatic heterocycles. The highest BCUT2D eigenvalue weighted by Crippen LogP contribution is 2.20. The molecule has 2 rings (SSSR count). The van der Waals surface area contributed by atoms with Crippen LogP contribution in [0.1, 0.15) is 44.6 Å². The Hall–Kier alpha value is -1.89. The van der Waals surface area contributed by atoms with Crippen molar-refractivity contribution >= 4 is 5.96 Å². The number of ether oxygens (including phenoxy) is 1. The van der Waals surface area contributed by atoms with Crippen LogP contribution in [0.25, 0.3) is 0 Å². The van der Waals surface area contributed by atoms with E-state index in [1.165, 1.54) is 25.8 Å². The molecule has 0 aromatic heterocycles. The molecule has 0 aliphatic carbocycles. The summed E-state index contributed by atoms with van der Waals surface area (Å²) >= 11 is 0. The first-order valence-corrected chi connectivity index (χ1v) is 9.81. The summed E-state index contributed by atoms with van der Waals surface area (Å²) in [6, 6.07) is 7.49. The number of hydrogen-bond acceptors (Lipinski definition) is 3. The molecular weight excluding hydrogens is 350 g/mol. The molecule has 0 amide bonds. The first kappa shape index (κ1) is 21.4. The molecule has 1 unspecified atom stereocenters. The molecule has 1 heterocycles. The van der Waals surface area contributed by atoms with Gasteiger partial charge in [0.15, 0.2) is 5.96 Å². The Bertz CT molecular complexity index is 583. The van der Waals surface area contributed by atoms with Crippen LogP contribution in [0.4, 0.5) is 8.78 Å². The van der Waals surface area contributed by atoms with Crippen LogP contribution in [0.3, 0.4) is 0 Å². The van der Waals surface area contributed by atoms with Gasteiger partial charge in [0.05, 0.1) is 0 Å². The van der Waals surface area contributed by atoms with Gasteiger partial charge in [-0.2, -0.15) is 8.78 Å². The number of likely N-dealkylation sites (tertiary alicyclic amines) is 1. The number of nitrogens with zero attached hydrogens (tertiary/aromatic N) is 2. The van der Waals surface area contributed by atoms with E-state index in [4.69, 9.17) is 0 Å². The highest BCUT2D eigenvalue weighted by atomic mass is 19.3. The topological polar surface area (TPSA) is 48.9 Å². The van der Waals surface area contributed by atoms with Gasteiger partial charge in [0.1, 0.15) is 5.75 Å². The second kappa shape index (κ2) is 11.7. The standard InChI is InChI=1S/C20H32F2N4O/c1-16-9-5-7-13-26(16)14-8-6-12-24-20(23-2)25-15-17-10-3-4-11-18(17)27-19(21)22/h3-4,10-11,16,19H,5-9,12-15H2,1-2H3,(H2,23,24,25). The minimum Gasteiger partial charge on any atom is -0.434 e. The van der Waals surface area contributed by atoms with Gasteiger partial charge in [-0.1, -0.05) is 24.6 Å². The minimum absolute atomic E-state index is 0.186. The van der Waals surface area contributed by atoms with Crippen molar-refractivity contribution in [2.75, 3.05) is 26.7 Å². The lowest BCUT2D eigenvalue weighted by Gasteiger charge is -2.33. The van der Waals surface area contributed by atoms with Gasteiger partial charge in [0.2, 0.25) is 0 Å². The molecular formula is C20H32F2N4O. The zero-order valence-corrected chi connectivity index (χ0v) is 16.4. The van der Waals surface area contributed by atoms with Gasteiger partial charge in [-0.3, -0.25) is 4.99 Å². The third-order valence-electron chi connectivity index (χ3n) is 4.96. The van der Waals surface area contributed by atoms with Crippen LogP contribution in [-0.2, 0) is 6.54 Å². The number of alkyl halides is 2. The van der Waals surface area contributed by atoms with Crippen molar-refractivity contribution in [1.29, 1.82) is 0 Å². The molecule has 7 heteroatoms. The number of aliphatic imine (C=N–C) groups is 1. The summed E-state index contributed by atoms with van der Waals surface area (Å²) in [5.41, 5.74) is 0.667. The minimum atomic E-state index is -2.83. The number of piperidine rings is 1. The van der Waals surface area contributed by atoms with Gasteiger partial charge >= 0.3 is 6.61 Å². The lowest BCUT2D eigenvalue weighted by molar-refractivity contribution is -0.0504. The van der Waals surface area contributed by atoms with Gasteiger partial charge < -0.3 is 20.3 Å². The fraction of sp³-hybridized carbons (Fsp3) is 0.650. The highest BCUT2D eigenvalue weighted by molar-refractivity contribution is 5.79. The lowest BCUT2D eigenvalue weighted by Crippen LogP contribution is -2.39. The predicted molar refractivity (Wildman–Crippen MR) is 105 cm³/mol. The summed E-state index contributed by atoms with van der Waals surface area (Å²) < 4.78 is 29.5. The van der Waals surface area contributed by atoms with Crippen molar-refractivity contribution in [2.45, 2.75) is 58.2 Å². The summed E-state index contributed by atoms with van der Waals surface area (Å²) in [5, 5.41) is 6.43. The van der Waals surface area contributed by atoms with E-state index in [1.807, 2.05) is 0 Å². The van der Waals surface area contributed by atoms with Gasteiger partial charge in [-0.05, 0) is 51.8 Å². The number of hydrogen-bond donors (Lipinski definition) is 2. The van der Waals surface area contributed by atoms with E-state index in [-0.39, 0.29) is 5.75 Å². The van der Waals surface area contributed by atoms with E-state index < -0.39 is 6.61 Å². The number of halogens is 2. The predicted octanol–water partition coefficient (Wildman–Crippen LogP) is 3.61. The Morgan fingerprint density at radius 1 is 1.26 bits per heavy atom. The van der Waals surface area contributed by atoms with Crippen molar-refractivity contribution in [1.82, 2.24) is 15.5 Å². The molecule has 152 valence electrons. The molecule has 0 bridgehead atoms. The number of rotatable bonds is 9. The normalized spacial score (nSPS) is 18.6. The van der Waals surface area contributed by atoms with Crippen LogP contribution in [0.15, 0.2) is 29.3 Å². The smallest absolute Gasteiger partial charge is 0.387 e. The number of para-hydroxylation sites is 1. The third-order valence-corrected chi connectivity index (χ3v) is 4.96. The molecule has 0 spiro atoms. The average molecular weight is 382 g/mol. The molecule has 1 aliphatic rings. The average Bonchev–Trinajstić information content (AvgIpc) is 2.66. The zero-order valence-electron chi connectivity index (χ0n) is 16.4. The van der Waals surface area contributed by atoms with Crippen molar-refractivity contribution in [3.63, 3.8) is 0 Å². The molecule has 1 atom stereocenters. The maximum absolute atomic E-state index is 12.5. The van der Waals surface area contributed by atoms with E-state index in [0.29, 0.717) is 24.1 Å². The maximum atomic E-state index is 12.5. The molecule has 0 saturated carbocycles. The summed E-state index contributed by atoms with van der Waals surface area (Å²) in [6.45, 7) is 3.06. The second-order valence-corrected chi connectivity index (χ2v) is 6.93. The van der Waals surface area contributed by atoms with Crippen LogP contribution >= 0.6 is 0 Å². The fourth-order valence-corrected chi connectivity index (χ4v) is 3.40. The number of unbranched alkanes of at least 4 members (excludes halogenated alkanes) is 1. The Morgan fingerprint density at radius 2 is 2.07 bits per heavy atom. The molecule has 2 N–H and O–H groups in total. The second-order valence-electron chi connectivity index (χ2n) is 6.93. The zero-order chi connectivity index (χ0) is 19.5. The third kappa shape index (κ3) is 7.71. The molecule has 27 heavy (non-hydrogen) atoms. The van der Waals surface area contributed by atoms with Crippen LogP contribution in [-0.4, -0.2) is 50.2 Å². The largest absolute Gasteiger partial charge is 0.434 e. The van der Waals surface area contributed by atoms with Gasteiger partial charge in [-0.15, -0.1) is 0 Å². The summed E-state index contributed by atoms with van der Waals surface area (Å²) in [7, 11) is 1.70. The summed E-state index contributed by atoms with van der Waals surface area (Å²) in [5.74, 6) is 0.847. The van der Waals surface area contributed by atoms with E-state index in [2.05, 4.69) is 32.2 Å². The number of benzene rings is 1. The molecule has 1 aromatic carbocycles. The van der Waals surface area contributed by atoms with E-state index >= 15 is 0 Å². The van der Waals surface area contributed by atoms with E-state index in [0.717, 1.165) is 25.9 Å². The first-order valence-electron chi connectivity index (χ1n) is 9.81. The SMILES string of the molecule is CN=C(NCCCCN1CCCCC1C)NCc1ccccc1OC(F)F. The Balaban J connectivity index is 1.67. The number of nitrogens with one attached hydrogen (secondary N) is 2. The van der Waals surface area contributed by atoms with Crippen molar-refractivity contribution in [3.05, 3.63) is 29.8 Å². The monoisotopic (exact) mass is 382 g/mol. The number of guanidine groups is 1. The van der Waals surface area contributed by atoms with Gasteiger partial charge in [-0.25, -0.2) is 0 Å². The summed E-state index contributed by atoms with van der Waals surface area (Å²) in [4.78, 5) is 6.77. The van der Waals surface area contributed by atoms with Crippen molar-refractivity contribution in [2.24, 2.45) is 4.99 Å².